The van der Waals surface area contributed by atoms with E-state index in [0.29, 0.717) is 0 Å². The Labute approximate surface area is 266 Å². The number of anilines is 1. The molecule has 0 aliphatic carbocycles. The molecule has 0 radical (unpaired) electrons. The second-order valence-corrected chi connectivity index (χ2v) is 14.1. The van der Waals surface area contributed by atoms with Gasteiger partial charge in [0.05, 0.1) is 75.0 Å². The van der Waals surface area contributed by atoms with Gasteiger partial charge in [0.15, 0.2) is 11.5 Å². The summed E-state index contributed by atoms with van der Waals surface area (Å²) in [5, 5.41) is 14.1. The fraction of sp³-hybridized carbons (Fsp3) is 0.346. The van der Waals surface area contributed by atoms with Crippen LogP contribution in [0.15, 0.2) is 36.4 Å². The van der Waals surface area contributed by atoms with Crippen LogP contribution >= 0.6 is 0 Å². The molecule has 0 spiro atoms. The second-order valence-electron chi connectivity index (χ2n) is 9.19. The summed E-state index contributed by atoms with van der Waals surface area (Å²) in [5.74, 6) is 0.224. The fourth-order valence-electron chi connectivity index (χ4n) is 3.57. The minimum atomic E-state index is -3.87. The van der Waals surface area contributed by atoms with E-state index in [0.717, 1.165) is 24.8 Å². The lowest BCUT2D eigenvalue weighted by Crippen LogP contribution is -2.16. The summed E-state index contributed by atoms with van der Waals surface area (Å²) in [5.41, 5.74) is 0.236. The molecule has 254 valence electrons. The number of ether oxygens (including phenoxy) is 3. The molecule has 0 unspecified atom stereocenters. The molecule has 0 saturated carbocycles. The molecular weight excluding hydrogens is 676 g/mol. The molecule has 0 fully saturated rings. The van der Waals surface area contributed by atoms with Crippen LogP contribution < -0.4 is 14.8 Å². The van der Waals surface area contributed by atoms with Gasteiger partial charge in [-0.15, -0.1) is 0 Å². The van der Waals surface area contributed by atoms with E-state index in [2.05, 4.69) is 5.32 Å². The minimum absolute atomic E-state index is 0.0258. The van der Waals surface area contributed by atoms with Gasteiger partial charge < -0.3 is 14.2 Å². The molecule has 0 atom stereocenters. The van der Waals surface area contributed by atoms with E-state index < -0.39 is 73.5 Å². The molecule has 1 amide bonds. The summed E-state index contributed by atoms with van der Waals surface area (Å²) >= 11 is 0. The van der Waals surface area contributed by atoms with Crippen LogP contribution in [0.3, 0.4) is 0 Å². The van der Waals surface area contributed by atoms with E-state index in [1.807, 2.05) is 0 Å². The number of amides is 1. The van der Waals surface area contributed by atoms with E-state index in [1.165, 1.54) is 56.7 Å². The number of hydrogen-bond donors (Lipinski definition) is 1. The first-order valence-corrected chi connectivity index (χ1v) is 18.1. The average molecular weight is 709 g/mol. The zero-order valence-electron chi connectivity index (χ0n) is 25.2. The molecule has 2 aromatic rings. The van der Waals surface area contributed by atoms with Crippen molar-refractivity contribution in [3.8, 4) is 11.5 Å². The smallest absolute Gasteiger partial charge is 0.411 e. The normalized spacial score (nSPS) is 12.4. The summed E-state index contributed by atoms with van der Waals surface area (Å²) in [7, 11) is -8.85. The Morgan fingerprint density at radius 2 is 1.26 bits per heavy atom. The average Bonchev–Trinajstić information content (AvgIpc) is 2.94. The van der Waals surface area contributed by atoms with Crippen molar-refractivity contribution in [1.82, 2.24) is 0 Å². The number of nitrogens with zero attached hydrogens (tertiary/aromatic N) is 1. The van der Waals surface area contributed by atoms with Crippen molar-refractivity contribution in [3.05, 3.63) is 68.8 Å². The van der Waals surface area contributed by atoms with Crippen molar-refractivity contribution in [2.24, 2.45) is 0 Å². The topological polar surface area (TPSA) is 230 Å². The van der Waals surface area contributed by atoms with Crippen molar-refractivity contribution in [3.63, 3.8) is 0 Å². The number of methoxy groups -OCH3 is 2. The summed E-state index contributed by atoms with van der Waals surface area (Å²) in [6.07, 6.45) is 6.74. The lowest BCUT2D eigenvalue weighted by atomic mass is 10.0. The van der Waals surface area contributed by atoms with Crippen LogP contribution in [0.4, 0.5) is 16.2 Å². The van der Waals surface area contributed by atoms with Crippen LogP contribution in [0, 0.1) is 10.1 Å². The Balaban J connectivity index is 2.53. The van der Waals surface area contributed by atoms with Gasteiger partial charge in [-0.3, -0.25) is 28.0 Å². The summed E-state index contributed by atoms with van der Waals surface area (Å²) < 4.78 is 98.4. The van der Waals surface area contributed by atoms with Crippen LogP contribution in [-0.2, 0) is 60.9 Å². The maximum absolute atomic E-state index is 13.0. The Bertz CT molecular complexity index is 1750. The lowest BCUT2D eigenvalue weighted by molar-refractivity contribution is -0.385. The van der Waals surface area contributed by atoms with Gasteiger partial charge in [0, 0.05) is 0 Å². The highest BCUT2D eigenvalue weighted by Crippen LogP contribution is 2.35. The van der Waals surface area contributed by atoms with E-state index in [4.69, 9.17) is 26.8 Å². The number of nitro benzene ring substituents is 1. The van der Waals surface area contributed by atoms with Gasteiger partial charge in [0.1, 0.15) is 6.61 Å². The Morgan fingerprint density at radius 1 is 0.783 bits per heavy atom. The molecular formula is C26H32N2O15S3. The molecule has 0 bridgehead atoms. The van der Waals surface area contributed by atoms with Crippen molar-refractivity contribution in [2.75, 3.05) is 51.5 Å². The van der Waals surface area contributed by atoms with Crippen molar-refractivity contribution in [2.45, 2.75) is 13.2 Å². The third-order valence-corrected chi connectivity index (χ3v) is 7.09. The highest BCUT2D eigenvalue weighted by atomic mass is 32.2. The first kappa shape index (κ1) is 38.1. The van der Waals surface area contributed by atoms with Crippen LogP contribution in [0.5, 0.6) is 11.5 Å². The molecule has 20 heteroatoms. The number of nitrogens with one attached hydrogen (secondary N) is 1. The number of carbonyl (C=O) groups is 1. The molecule has 46 heavy (non-hydrogen) atoms. The van der Waals surface area contributed by atoms with Gasteiger partial charge in [0.25, 0.3) is 36.0 Å². The SMILES string of the molecule is COc1cc(COC(=O)Nc2c(/C=C/COS(C)(=O)=O)cc(COS(C)(=O)=O)cc2/C=C/COS(C)(=O)=O)c([N+](=O)[O-])cc1OC. The zero-order chi connectivity index (χ0) is 34.7. The van der Waals surface area contributed by atoms with Crippen LogP contribution in [0.1, 0.15) is 22.3 Å². The lowest BCUT2D eigenvalue weighted by Gasteiger charge is -2.16. The summed E-state index contributed by atoms with van der Waals surface area (Å²) in [6, 6.07) is 5.21. The Kier molecular flexibility index (Phi) is 13.6. The predicted molar refractivity (Wildman–Crippen MR) is 166 cm³/mol. The second kappa shape index (κ2) is 16.5. The minimum Gasteiger partial charge on any atom is -0.493 e. The van der Waals surface area contributed by atoms with E-state index in [-0.39, 0.29) is 39.4 Å². The number of hydrogen-bond acceptors (Lipinski definition) is 15. The van der Waals surface area contributed by atoms with Crippen molar-refractivity contribution in [1.29, 1.82) is 0 Å². The van der Waals surface area contributed by atoms with Crippen molar-refractivity contribution >= 4 is 60.0 Å². The molecule has 0 aliphatic heterocycles. The van der Waals surface area contributed by atoms with Gasteiger partial charge in [-0.2, -0.15) is 25.3 Å². The van der Waals surface area contributed by atoms with Gasteiger partial charge in [-0.05, 0) is 34.9 Å². The third kappa shape index (κ3) is 13.5. The Hall–Kier alpha value is -4.08. The predicted octanol–water partition coefficient (Wildman–Crippen LogP) is 2.82. The number of nitro groups is 1. The van der Waals surface area contributed by atoms with E-state index in [1.54, 1.807) is 0 Å². The van der Waals surface area contributed by atoms with Crippen LogP contribution in [0.25, 0.3) is 12.2 Å². The highest BCUT2D eigenvalue weighted by molar-refractivity contribution is 7.86. The zero-order valence-corrected chi connectivity index (χ0v) is 27.7. The molecule has 0 saturated heterocycles. The first-order valence-electron chi connectivity index (χ1n) is 12.7. The quantitative estimate of drug-likeness (QED) is 0.141. The van der Waals surface area contributed by atoms with E-state index in [9.17, 15) is 40.2 Å². The summed E-state index contributed by atoms with van der Waals surface area (Å²) in [6.45, 7) is -1.82. The maximum atomic E-state index is 13.0. The van der Waals surface area contributed by atoms with Gasteiger partial charge in [-0.1, -0.05) is 24.3 Å². The fourth-order valence-corrected chi connectivity index (χ4v) is 4.57. The van der Waals surface area contributed by atoms with E-state index >= 15 is 0 Å². The van der Waals surface area contributed by atoms with Gasteiger partial charge >= 0.3 is 6.09 Å². The van der Waals surface area contributed by atoms with Crippen LogP contribution in [-0.4, -0.2) is 82.5 Å². The third-order valence-electron chi connectivity index (χ3n) is 5.42. The molecule has 0 aromatic heterocycles. The molecule has 1 N–H and O–H groups in total. The molecule has 0 heterocycles. The summed E-state index contributed by atoms with van der Waals surface area (Å²) in [4.78, 5) is 23.9. The van der Waals surface area contributed by atoms with Crippen molar-refractivity contribution < 1.29 is 61.7 Å². The maximum Gasteiger partial charge on any atom is 0.411 e. The highest BCUT2D eigenvalue weighted by Gasteiger charge is 2.21. The molecule has 2 rings (SSSR count). The standard InChI is InChI=1S/C26H32N2O15S3/c1-38-23-14-21(22(28(30)31)15-24(23)39-2)17-40-26(29)27-25-19(8-6-10-41-44(3,32)33)12-18(16-43-46(5,36)37)13-20(25)9-7-11-42-45(4,34)35/h6-9,12-15H,10-11,16-17H2,1-5H3,(H,27,29)/b8-6+,9-7+. The largest absolute Gasteiger partial charge is 0.493 e. The Morgan fingerprint density at radius 3 is 1.70 bits per heavy atom. The monoisotopic (exact) mass is 708 g/mol. The molecule has 2 aromatic carbocycles. The number of carbonyl (C=O) groups excluding carboxylic acids is 1. The van der Waals surface area contributed by atoms with Gasteiger partial charge in [0.2, 0.25) is 0 Å². The van der Waals surface area contributed by atoms with Crippen LogP contribution in [0.2, 0.25) is 0 Å². The number of rotatable bonds is 17. The number of benzene rings is 2. The molecule has 0 aliphatic rings. The first-order chi connectivity index (χ1) is 21.3. The molecule has 17 nitrogen and oxygen atoms in total. The van der Waals surface area contributed by atoms with Gasteiger partial charge in [-0.25, -0.2) is 4.79 Å².